The van der Waals surface area contributed by atoms with E-state index in [-0.39, 0.29) is 8.03 Å². The van der Waals surface area contributed by atoms with Gasteiger partial charge < -0.3 is 9.79 Å². The number of hydrogen-bond acceptors (Lipinski definition) is 2. The molecule has 0 saturated carbocycles. The van der Waals surface area contributed by atoms with Gasteiger partial charge in [0.15, 0.2) is 0 Å². The molecule has 0 aromatic rings. The summed E-state index contributed by atoms with van der Waals surface area (Å²) >= 11 is 0. The zero-order chi connectivity index (χ0) is 6.62. The van der Waals surface area contributed by atoms with E-state index in [0.29, 0.717) is 6.42 Å². The topological polar surface area (TPSA) is 66.8 Å². The van der Waals surface area contributed by atoms with Crippen molar-refractivity contribution in [3.05, 3.63) is 0 Å². The summed E-state index contributed by atoms with van der Waals surface area (Å²) < 4.78 is 13.9. The van der Waals surface area contributed by atoms with Crippen LogP contribution in [0.3, 0.4) is 0 Å². The van der Waals surface area contributed by atoms with Crippen LogP contribution in [-0.4, -0.2) is 16.4 Å². The van der Waals surface area contributed by atoms with E-state index in [9.17, 15) is 4.57 Å². The summed E-state index contributed by atoms with van der Waals surface area (Å²) in [4.78, 5) is 16.1. The quantitative estimate of drug-likeness (QED) is 0.565. The van der Waals surface area contributed by atoms with Crippen molar-refractivity contribution in [3.63, 3.8) is 0 Å². The molecule has 2 N–H and O–H groups in total. The molecule has 4 nitrogen and oxygen atoms in total. The lowest BCUT2D eigenvalue weighted by molar-refractivity contribution is 0.197. The molecular formula is C3H10O4P+. The summed E-state index contributed by atoms with van der Waals surface area (Å²) in [6.45, 7) is 1.89. The van der Waals surface area contributed by atoms with Gasteiger partial charge in [-0.2, -0.15) is 0 Å². The summed E-state index contributed by atoms with van der Waals surface area (Å²) in [6.07, 6.45) is 0.616. The minimum absolute atomic E-state index is 0. The number of rotatable bonds is 3. The Morgan fingerprint density at radius 2 is 2.25 bits per heavy atom. The second kappa shape index (κ2) is 3.20. The molecule has 0 aliphatic heterocycles. The third-order valence-corrected chi connectivity index (χ3v) is 0.983. The summed E-state index contributed by atoms with van der Waals surface area (Å²) in [5, 5.41) is 0. The third-order valence-electron chi connectivity index (χ3n) is 0.464. The van der Waals surface area contributed by atoms with Crippen LogP contribution < -0.4 is 0 Å². The van der Waals surface area contributed by atoms with Gasteiger partial charge in [0.05, 0.1) is 6.61 Å². The molecule has 0 bridgehead atoms. The molecule has 0 heterocycles. The van der Waals surface area contributed by atoms with Crippen molar-refractivity contribution in [2.75, 3.05) is 6.61 Å². The third kappa shape index (κ3) is 6.11. The van der Waals surface area contributed by atoms with Crippen LogP contribution in [0, 0.1) is 0 Å². The number of phosphoric acid groups is 1. The summed E-state index contributed by atoms with van der Waals surface area (Å²) in [5.41, 5.74) is 0. The van der Waals surface area contributed by atoms with E-state index in [2.05, 4.69) is 4.52 Å². The van der Waals surface area contributed by atoms with Crippen molar-refractivity contribution >= 4 is 7.82 Å². The molecule has 0 atom stereocenters. The second-order valence-corrected chi connectivity index (χ2v) is 2.56. The van der Waals surface area contributed by atoms with E-state index in [1.807, 2.05) is 0 Å². The van der Waals surface area contributed by atoms with Gasteiger partial charge in [-0.05, 0) is 6.42 Å². The molecule has 0 spiro atoms. The van der Waals surface area contributed by atoms with Gasteiger partial charge in [-0.1, -0.05) is 6.92 Å². The smallest absolute Gasteiger partial charge is 0.303 e. The lowest BCUT2D eigenvalue weighted by atomic mass is 10.5. The van der Waals surface area contributed by atoms with Crippen molar-refractivity contribution in [3.8, 4) is 0 Å². The normalized spacial score (nSPS) is 11.9. The Bertz CT molecular complexity index is 100.0. The first kappa shape index (κ1) is 8.11. The highest BCUT2D eigenvalue weighted by molar-refractivity contribution is 7.46. The molecule has 0 saturated heterocycles. The first-order valence-electron chi connectivity index (χ1n) is 2.26. The lowest BCUT2D eigenvalue weighted by Gasteiger charge is -2.00. The van der Waals surface area contributed by atoms with Gasteiger partial charge in [0.1, 0.15) is 0 Å². The van der Waals surface area contributed by atoms with Gasteiger partial charge in [0.25, 0.3) is 0 Å². The van der Waals surface area contributed by atoms with Gasteiger partial charge in [-0.3, -0.25) is 4.52 Å². The van der Waals surface area contributed by atoms with Crippen LogP contribution in [0.5, 0.6) is 0 Å². The average Bonchev–Trinajstić information content (AvgIpc) is 1.59. The highest BCUT2D eigenvalue weighted by atomic mass is 31.2. The number of hydrogen-bond donors (Lipinski definition) is 2. The highest BCUT2D eigenvalue weighted by Crippen LogP contribution is 2.35. The fourth-order valence-corrected chi connectivity index (χ4v) is 0.631. The Hall–Kier alpha value is 0.110. The van der Waals surface area contributed by atoms with Gasteiger partial charge in [0, 0.05) is 0 Å². The standard InChI is InChI=1S/C3H9O4P/c1-2-3-7-8(4,5)6/h2-3H2,1H3,(H2,4,5,6)/p+1. The Balaban J connectivity index is 0. The largest absolute Gasteiger partial charge is 1.00 e. The van der Waals surface area contributed by atoms with Crippen molar-refractivity contribution < 1.29 is 20.3 Å². The Morgan fingerprint density at radius 1 is 1.75 bits per heavy atom. The molecule has 8 heavy (non-hydrogen) atoms. The summed E-state index contributed by atoms with van der Waals surface area (Å²) in [7, 11) is -4.18. The molecule has 0 rings (SSSR count). The molecule has 0 aromatic heterocycles. The van der Waals surface area contributed by atoms with E-state index in [4.69, 9.17) is 9.79 Å². The molecule has 0 aliphatic carbocycles. The maximum atomic E-state index is 9.86. The maximum Gasteiger partial charge on any atom is 1.00 e. The predicted octanol–water partition coefficient (Wildman–Crippen LogP) is 0.618. The molecule has 0 radical (unpaired) electrons. The van der Waals surface area contributed by atoms with Crippen LogP contribution in [-0.2, 0) is 9.09 Å². The van der Waals surface area contributed by atoms with E-state index < -0.39 is 7.82 Å². The van der Waals surface area contributed by atoms with E-state index in [1.165, 1.54) is 0 Å². The molecule has 0 aromatic carbocycles. The molecular weight excluding hydrogens is 131 g/mol. The van der Waals surface area contributed by atoms with Crippen molar-refractivity contribution in [1.29, 1.82) is 0 Å². The summed E-state index contributed by atoms with van der Waals surface area (Å²) in [5.74, 6) is 0. The van der Waals surface area contributed by atoms with Gasteiger partial charge in [-0.25, -0.2) is 4.57 Å². The Morgan fingerprint density at radius 3 is 2.38 bits per heavy atom. The van der Waals surface area contributed by atoms with E-state index >= 15 is 0 Å². The van der Waals surface area contributed by atoms with Crippen LogP contribution in [0.25, 0.3) is 0 Å². The van der Waals surface area contributed by atoms with Crippen LogP contribution in [0.15, 0.2) is 0 Å². The zero-order valence-electron chi connectivity index (χ0n) is 5.57. The Labute approximate surface area is 49.2 Å². The number of phosphoric ester groups is 1. The maximum absolute atomic E-state index is 9.86. The summed E-state index contributed by atoms with van der Waals surface area (Å²) in [6, 6.07) is 0. The van der Waals surface area contributed by atoms with E-state index in [0.717, 1.165) is 0 Å². The molecule has 5 heteroatoms. The predicted molar refractivity (Wildman–Crippen MR) is 29.4 cm³/mol. The zero-order valence-corrected chi connectivity index (χ0v) is 5.47. The van der Waals surface area contributed by atoms with Crippen LogP contribution in [0.4, 0.5) is 0 Å². The monoisotopic (exact) mass is 141 g/mol. The molecule has 0 aliphatic rings. The first-order chi connectivity index (χ1) is 3.56. The fraction of sp³-hybridized carbons (Fsp3) is 1.00. The lowest BCUT2D eigenvalue weighted by Crippen LogP contribution is -1.88. The van der Waals surface area contributed by atoms with Crippen molar-refractivity contribution in [2.24, 2.45) is 0 Å². The first-order valence-corrected chi connectivity index (χ1v) is 3.79. The SMILES string of the molecule is CCCOP(=O)(O)O.[H+]. The fourth-order valence-electron chi connectivity index (χ4n) is 0.210. The minimum atomic E-state index is -4.18. The van der Waals surface area contributed by atoms with Gasteiger partial charge >= 0.3 is 9.25 Å². The second-order valence-electron chi connectivity index (χ2n) is 1.32. The average molecular weight is 141 g/mol. The molecule has 0 unspecified atom stereocenters. The molecule has 0 amide bonds. The van der Waals surface area contributed by atoms with Crippen molar-refractivity contribution in [2.45, 2.75) is 13.3 Å². The molecule has 50 valence electrons. The van der Waals surface area contributed by atoms with Gasteiger partial charge in [0.2, 0.25) is 0 Å². The van der Waals surface area contributed by atoms with Crippen molar-refractivity contribution in [1.82, 2.24) is 0 Å². The van der Waals surface area contributed by atoms with Crippen LogP contribution in [0.2, 0.25) is 0 Å². The minimum Gasteiger partial charge on any atom is -0.303 e. The van der Waals surface area contributed by atoms with Crippen LogP contribution >= 0.6 is 7.82 Å². The van der Waals surface area contributed by atoms with E-state index in [1.54, 1.807) is 6.92 Å². The molecule has 0 fully saturated rings. The Kier molecular flexibility index (Phi) is 3.24. The highest BCUT2D eigenvalue weighted by Gasteiger charge is 2.11. The van der Waals surface area contributed by atoms with Crippen LogP contribution in [0.1, 0.15) is 14.8 Å². The van der Waals surface area contributed by atoms with Gasteiger partial charge in [-0.15, -0.1) is 0 Å².